The molecule has 0 saturated heterocycles. The van der Waals surface area contributed by atoms with E-state index in [-0.39, 0.29) is 18.9 Å². The first-order valence-corrected chi connectivity index (χ1v) is 9.94. The van der Waals surface area contributed by atoms with Gasteiger partial charge in [0.2, 0.25) is 5.91 Å². The Bertz CT molecular complexity index is 998. The van der Waals surface area contributed by atoms with E-state index in [1.165, 1.54) is 36.7 Å². The van der Waals surface area contributed by atoms with Crippen molar-refractivity contribution in [3.8, 4) is 0 Å². The zero-order valence-corrected chi connectivity index (χ0v) is 15.8. The minimum atomic E-state index is -0.438. The molecule has 1 saturated carbocycles. The molecule has 1 heterocycles. The van der Waals surface area contributed by atoms with Crippen LogP contribution in [0.25, 0.3) is 11.1 Å². The predicted octanol–water partition coefficient (Wildman–Crippen LogP) is 4.37. The lowest BCUT2D eigenvalue weighted by Gasteiger charge is -2.23. The number of para-hydroxylation sites is 2. The molecule has 0 radical (unpaired) electrons. The molecule has 1 amide bonds. The van der Waals surface area contributed by atoms with Crippen LogP contribution in [0.4, 0.5) is 11.4 Å². The summed E-state index contributed by atoms with van der Waals surface area (Å²) in [5.41, 5.74) is 3.08. The summed E-state index contributed by atoms with van der Waals surface area (Å²) < 4.78 is 6.69. The largest absolute Gasteiger partial charge is 0.419 e. The Morgan fingerprint density at radius 2 is 1.71 bits per heavy atom. The predicted molar refractivity (Wildman–Crippen MR) is 111 cm³/mol. The van der Waals surface area contributed by atoms with Crippen molar-refractivity contribution in [3.63, 3.8) is 0 Å². The first kappa shape index (κ1) is 18.3. The molecule has 0 aliphatic heterocycles. The molecule has 0 atom stereocenters. The highest BCUT2D eigenvalue weighted by Gasteiger charge is 2.13. The third-order valence-corrected chi connectivity index (χ3v) is 5.28. The van der Waals surface area contributed by atoms with E-state index in [1.807, 2.05) is 42.5 Å². The Kier molecular flexibility index (Phi) is 5.46. The van der Waals surface area contributed by atoms with E-state index in [0.717, 1.165) is 11.4 Å². The van der Waals surface area contributed by atoms with Gasteiger partial charge in [0.15, 0.2) is 5.58 Å². The van der Waals surface area contributed by atoms with Gasteiger partial charge in [0.05, 0.1) is 5.52 Å². The van der Waals surface area contributed by atoms with E-state index in [4.69, 9.17) is 4.42 Å². The number of nitrogens with zero attached hydrogens (tertiary/aromatic N) is 1. The van der Waals surface area contributed by atoms with Gasteiger partial charge in [0.25, 0.3) is 0 Å². The fraction of sp³-hybridized carbons (Fsp3) is 0.364. The molecule has 2 aromatic carbocycles. The van der Waals surface area contributed by atoms with Crippen LogP contribution in [0, 0.1) is 0 Å². The van der Waals surface area contributed by atoms with Crippen molar-refractivity contribution in [1.29, 1.82) is 0 Å². The van der Waals surface area contributed by atoms with Gasteiger partial charge in [-0.05, 0) is 49.2 Å². The summed E-state index contributed by atoms with van der Waals surface area (Å²) in [4.78, 5) is 24.3. The summed E-state index contributed by atoms with van der Waals surface area (Å²) in [6, 6.07) is 15.6. The maximum atomic E-state index is 12.3. The minimum Gasteiger partial charge on any atom is -0.408 e. The lowest BCUT2D eigenvalue weighted by molar-refractivity contribution is -0.116. The average Bonchev–Trinajstić information content (AvgIpc) is 3.04. The van der Waals surface area contributed by atoms with Crippen LogP contribution in [0.5, 0.6) is 0 Å². The molecule has 0 spiro atoms. The molecule has 1 aromatic heterocycles. The number of hydrogen-bond acceptors (Lipinski definition) is 4. The van der Waals surface area contributed by atoms with E-state index < -0.39 is 5.76 Å². The fourth-order valence-corrected chi connectivity index (χ4v) is 3.79. The van der Waals surface area contributed by atoms with Gasteiger partial charge < -0.3 is 15.1 Å². The SMILES string of the molecule is O=C(CCn1c(=O)oc2ccccc21)Nc1ccc(NC2CCCCC2)cc1. The minimum absolute atomic E-state index is 0.134. The molecule has 0 bridgehead atoms. The number of carbonyl (C=O) groups is 1. The second-order valence-electron chi connectivity index (χ2n) is 7.34. The van der Waals surface area contributed by atoms with Crippen molar-refractivity contribution in [3.05, 3.63) is 59.1 Å². The van der Waals surface area contributed by atoms with Crippen LogP contribution in [-0.4, -0.2) is 16.5 Å². The number of aromatic nitrogens is 1. The zero-order chi connectivity index (χ0) is 19.3. The van der Waals surface area contributed by atoms with Gasteiger partial charge in [-0.25, -0.2) is 4.79 Å². The smallest absolute Gasteiger partial charge is 0.408 e. The first-order valence-electron chi connectivity index (χ1n) is 9.94. The van der Waals surface area contributed by atoms with Gasteiger partial charge in [-0.3, -0.25) is 9.36 Å². The number of fused-ring (bicyclic) bond motifs is 1. The van der Waals surface area contributed by atoms with Crippen molar-refractivity contribution in [2.75, 3.05) is 10.6 Å². The summed E-state index contributed by atoms with van der Waals surface area (Å²) >= 11 is 0. The molecule has 1 aliphatic carbocycles. The Morgan fingerprint density at radius 1 is 1.00 bits per heavy atom. The molecule has 28 heavy (non-hydrogen) atoms. The highest BCUT2D eigenvalue weighted by molar-refractivity contribution is 5.90. The molecule has 2 N–H and O–H groups in total. The highest BCUT2D eigenvalue weighted by Crippen LogP contribution is 2.22. The molecular weight excluding hydrogens is 354 g/mol. The van der Waals surface area contributed by atoms with Gasteiger partial charge in [-0.1, -0.05) is 31.4 Å². The van der Waals surface area contributed by atoms with Crippen LogP contribution in [0.2, 0.25) is 0 Å². The molecule has 146 valence electrons. The Morgan fingerprint density at radius 3 is 2.50 bits per heavy atom. The van der Waals surface area contributed by atoms with Gasteiger partial charge in [0, 0.05) is 30.4 Å². The standard InChI is InChI=1S/C22H25N3O3/c26-21(14-15-25-19-8-4-5-9-20(19)28-22(25)27)24-18-12-10-17(11-13-18)23-16-6-2-1-3-7-16/h4-5,8-13,16,23H,1-3,6-7,14-15H2,(H,24,26). The van der Waals surface area contributed by atoms with E-state index in [0.29, 0.717) is 17.1 Å². The summed E-state index contributed by atoms with van der Waals surface area (Å²) in [7, 11) is 0. The molecule has 6 heteroatoms. The lowest BCUT2D eigenvalue weighted by Crippen LogP contribution is -2.22. The van der Waals surface area contributed by atoms with Crippen molar-refractivity contribution < 1.29 is 9.21 Å². The Hall–Kier alpha value is -3.02. The van der Waals surface area contributed by atoms with Crippen LogP contribution < -0.4 is 16.4 Å². The Balaban J connectivity index is 1.32. The highest BCUT2D eigenvalue weighted by atomic mass is 16.4. The van der Waals surface area contributed by atoms with Gasteiger partial charge in [-0.2, -0.15) is 0 Å². The average molecular weight is 379 g/mol. The van der Waals surface area contributed by atoms with Gasteiger partial charge in [0.1, 0.15) is 0 Å². The second-order valence-corrected chi connectivity index (χ2v) is 7.34. The maximum absolute atomic E-state index is 12.3. The summed E-state index contributed by atoms with van der Waals surface area (Å²) in [5, 5.41) is 6.46. The molecular formula is C22H25N3O3. The van der Waals surface area contributed by atoms with E-state index in [2.05, 4.69) is 10.6 Å². The third kappa shape index (κ3) is 4.27. The van der Waals surface area contributed by atoms with Crippen LogP contribution in [0.15, 0.2) is 57.7 Å². The molecule has 1 fully saturated rings. The van der Waals surface area contributed by atoms with Gasteiger partial charge >= 0.3 is 5.76 Å². The molecule has 6 nitrogen and oxygen atoms in total. The van der Waals surface area contributed by atoms with Crippen LogP contribution in [-0.2, 0) is 11.3 Å². The number of carbonyl (C=O) groups excluding carboxylic acids is 1. The summed E-state index contributed by atoms with van der Waals surface area (Å²) in [6.07, 6.45) is 6.57. The topological polar surface area (TPSA) is 76.3 Å². The number of rotatable bonds is 6. The molecule has 1 aliphatic rings. The summed E-state index contributed by atoms with van der Waals surface area (Å²) in [5.74, 6) is -0.572. The van der Waals surface area contributed by atoms with Crippen LogP contribution in [0.3, 0.4) is 0 Å². The van der Waals surface area contributed by atoms with E-state index in [9.17, 15) is 9.59 Å². The molecule has 4 rings (SSSR count). The van der Waals surface area contributed by atoms with E-state index >= 15 is 0 Å². The number of benzene rings is 2. The van der Waals surface area contributed by atoms with Gasteiger partial charge in [-0.15, -0.1) is 0 Å². The molecule has 0 unspecified atom stereocenters. The number of anilines is 2. The second kappa shape index (κ2) is 8.33. The number of hydrogen-bond donors (Lipinski definition) is 2. The van der Waals surface area contributed by atoms with Crippen molar-refractivity contribution in [1.82, 2.24) is 4.57 Å². The van der Waals surface area contributed by atoms with Crippen molar-refractivity contribution in [2.24, 2.45) is 0 Å². The van der Waals surface area contributed by atoms with Crippen molar-refractivity contribution in [2.45, 2.75) is 51.1 Å². The van der Waals surface area contributed by atoms with Crippen molar-refractivity contribution >= 4 is 28.4 Å². The maximum Gasteiger partial charge on any atom is 0.419 e. The third-order valence-electron chi connectivity index (χ3n) is 5.28. The number of nitrogens with one attached hydrogen (secondary N) is 2. The number of oxazole rings is 1. The quantitative estimate of drug-likeness (QED) is 0.667. The Labute approximate surface area is 163 Å². The van der Waals surface area contributed by atoms with Crippen LogP contribution in [0.1, 0.15) is 38.5 Å². The number of aryl methyl sites for hydroxylation is 1. The van der Waals surface area contributed by atoms with Crippen LogP contribution >= 0.6 is 0 Å². The van der Waals surface area contributed by atoms with E-state index in [1.54, 1.807) is 6.07 Å². The normalized spacial score (nSPS) is 14.9. The zero-order valence-electron chi connectivity index (χ0n) is 15.8. The summed E-state index contributed by atoms with van der Waals surface area (Å²) in [6.45, 7) is 0.281. The first-order chi connectivity index (χ1) is 13.7. The fourth-order valence-electron chi connectivity index (χ4n) is 3.79. The molecule has 3 aromatic rings. The monoisotopic (exact) mass is 379 g/mol. The lowest BCUT2D eigenvalue weighted by atomic mass is 9.95. The number of amides is 1.